The Bertz CT molecular complexity index is 1200. The lowest BCUT2D eigenvalue weighted by atomic mass is 10.1. The number of hydrogen-bond donors (Lipinski definition) is 1. The first-order chi connectivity index (χ1) is 15.2. The molecule has 0 aliphatic rings. The SMILES string of the molecule is CCOc1ccccc1OCCCC(=O)Nc1cc2oc3ccccc3c2cc1OC. The van der Waals surface area contributed by atoms with Crippen molar-refractivity contribution >= 4 is 33.5 Å². The third-order valence-corrected chi connectivity index (χ3v) is 4.93. The van der Waals surface area contributed by atoms with Gasteiger partial charge in [0.1, 0.15) is 16.9 Å². The molecule has 1 N–H and O–H groups in total. The van der Waals surface area contributed by atoms with Crippen molar-refractivity contribution in [3.8, 4) is 17.2 Å². The van der Waals surface area contributed by atoms with Gasteiger partial charge < -0.3 is 23.9 Å². The zero-order valence-corrected chi connectivity index (χ0v) is 17.6. The Morgan fingerprint density at radius 1 is 0.903 bits per heavy atom. The first kappa shape index (κ1) is 20.6. The molecule has 6 heteroatoms. The largest absolute Gasteiger partial charge is 0.495 e. The van der Waals surface area contributed by atoms with E-state index in [9.17, 15) is 4.79 Å². The maximum absolute atomic E-state index is 12.5. The first-order valence-electron chi connectivity index (χ1n) is 10.3. The molecule has 6 nitrogen and oxygen atoms in total. The number of fused-ring (bicyclic) bond motifs is 3. The molecule has 0 unspecified atom stereocenters. The monoisotopic (exact) mass is 419 g/mol. The average molecular weight is 419 g/mol. The molecule has 0 bridgehead atoms. The molecule has 1 amide bonds. The summed E-state index contributed by atoms with van der Waals surface area (Å²) >= 11 is 0. The fourth-order valence-corrected chi connectivity index (χ4v) is 3.49. The van der Waals surface area contributed by atoms with E-state index < -0.39 is 0 Å². The Labute approximate surface area is 180 Å². The van der Waals surface area contributed by atoms with Crippen molar-refractivity contribution in [1.29, 1.82) is 0 Å². The number of ether oxygens (including phenoxy) is 3. The molecule has 0 saturated heterocycles. The fraction of sp³-hybridized carbons (Fsp3) is 0.240. The normalized spacial score (nSPS) is 10.9. The molecule has 4 aromatic rings. The number of benzene rings is 3. The number of rotatable bonds is 9. The molecular weight excluding hydrogens is 394 g/mol. The average Bonchev–Trinajstić information content (AvgIpc) is 3.14. The maximum Gasteiger partial charge on any atom is 0.224 e. The van der Waals surface area contributed by atoms with E-state index in [1.165, 1.54) is 0 Å². The number of anilines is 1. The Hall–Kier alpha value is -3.67. The van der Waals surface area contributed by atoms with Crippen LogP contribution in [0.4, 0.5) is 5.69 Å². The highest BCUT2D eigenvalue weighted by atomic mass is 16.5. The van der Waals surface area contributed by atoms with E-state index in [-0.39, 0.29) is 5.91 Å². The summed E-state index contributed by atoms with van der Waals surface area (Å²) in [4.78, 5) is 12.5. The van der Waals surface area contributed by atoms with Gasteiger partial charge in [-0.25, -0.2) is 0 Å². The second-order valence-electron chi connectivity index (χ2n) is 7.03. The Kier molecular flexibility index (Phi) is 6.26. The third-order valence-electron chi connectivity index (χ3n) is 4.93. The van der Waals surface area contributed by atoms with Crippen LogP contribution < -0.4 is 19.5 Å². The second kappa shape index (κ2) is 9.43. The summed E-state index contributed by atoms with van der Waals surface area (Å²) in [5.41, 5.74) is 2.09. The van der Waals surface area contributed by atoms with Gasteiger partial charge in [-0.3, -0.25) is 4.79 Å². The summed E-state index contributed by atoms with van der Waals surface area (Å²) in [6.07, 6.45) is 0.889. The molecule has 1 aromatic heterocycles. The first-order valence-corrected chi connectivity index (χ1v) is 10.3. The van der Waals surface area contributed by atoms with E-state index >= 15 is 0 Å². The Balaban J connectivity index is 1.39. The zero-order valence-electron chi connectivity index (χ0n) is 17.6. The van der Waals surface area contributed by atoms with Gasteiger partial charge in [0.2, 0.25) is 5.91 Å². The van der Waals surface area contributed by atoms with Gasteiger partial charge in [-0.2, -0.15) is 0 Å². The summed E-state index contributed by atoms with van der Waals surface area (Å²) < 4.78 is 22.7. The van der Waals surface area contributed by atoms with E-state index in [0.29, 0.717) is 54.6 Å². The van der Waals surface area contributed by atoms with Gasteiger partial charge >= 0.3 is 0 Å². The highest BCUT2D eigenvalue weighted by molar-refractivity contribution is 6.07. The zero-order chi connectivity index (χ0) is 21.6. The molecule has 0 aliphatic heterocycles. The van der Waals surface area contributed by atoms with Gasteiger partial charge in [0.25, 0.3) is 0 Å². The van der Waals surface area contributed by atoms with Crippen LogP contribution in [0.2, 0.25) is 0 Å². The highest BCUT2D eigenvalue weighted by Crippen LogP contribution is 2.36. The maximum atomic E-state index is 12.5. The van der Waals surface area contributed by atoms with Crippen molar-refractivity contribution in [1.82, 2.24) is 0 Å². The van der Waals surface area contributed by atoms with Crippen LogP contribution in [-0.2, 0) is 4.79 Å². The van der Waals surface area contributed by atoms with Crippen LogP contribution >= 0.6 is 0 Å². The molecule has 1 heterocycles. The summed E-state index contributed by atoms with van der Waals surface area (Å²) in [6.45, 7) is 2.91. The standard InChI is InChI=1S/C25H25NO5/c1-3-29-21-11-6-7-12-22(21)30-14-8-13-25(27)26-19-16-23-18(15-24(19)28-2)17-9-4-5-10-20(17)31-23/h4-7,9-12,15-16H,3,8,13-14H2,1-2H3,(H,26,27). The second-order valence-corrected chi connectivity index (χ2v) is 7.03. The molecular formula is C25H25NO5. The summed E-state index contributed by atoms with van der Waals surface area (Å²) in [7, 11) is 1.59. The number of hydrogen-bond acceptors (Lipinski definition) is 5. The summed E-state index contributed by atoms with van der Waals surface area (Å²) in [6, 6.07) is 19.0. The molecule has 4 rings (SSSR count). The predicted octanol–water partition coefficient (Wildman–Crippen LogP) is 5.79. The number of para-hydroxylation sites is 3. The van der Waals surface area contributed by atoms with Crippen molar-refractivity contribution in [3.05, 3.63) is 60.7 Å². The van der Waals surface area contributed by atoms with E-state index in [1.807, 2.05) is 61.5 Å². The smallest absolute Gasteiger partial charge is 0.224 e. The minimum atomic E-state index is -0.115. The summed E-state index contributed by atoms with van der Waals surface area (Å²) in [5, 5.41) is 4.89. The quantitative estimate of drug-likeness (QED) is 0.348. The topological polar surface area (TPSA) is 69.9 Å². The van der Waals surface area contributed by atoms with Gasteiger partial charge in [-0.1, -0.05) is 30.3 Å². The van der Waals surface area contributed by atoms with Crippen LogP contribution in [-0.4, -0.2) is 26.2 Å². The van der Waals surface area contributed by atoms with E-state index in [2.05, 4.69) is 5.32 Å². The van der Waals surface area contributed by atoms with Crippen LogP contribution in [0.5, 0.6) is 17.2 Å². The Morgan fingerprint density at radius 2 is 1.65 bits per heavy atom. The summed E-state index contributed by atoms with van der Waals surface area (Å²) in [5.74, 6) is 1.87. The molecule has 0 spiro atoms. The van der Waals surface area contributed by atoms with Gasteiger partial charge in [0, 0.05) is 23.3 Å². The molecule has 3 aromatic carbocycles. The van der Waals surface area contributed by atoms with Crippen molar-refractivity contribution < 1.29 is 23.4 Å². The number of carbonyl (C=O) groups excluding carboxylic acids is 1. The minimum absolute atomic E-state index is 0.115. The van der Waals surface area contributed by atoms with Crippen molar-refractivity contribution in [2.45, 2.75) is 19.8 Å². The molecule has 0 aliphatic carbocycles. The van der Waals surface area contributed by atoms with Crippen molar-refractivity contribution in [3.63, 3.8) is 0 Å². The highest BCUT2D eigenvalue weighted by Gasteiger charge is 2.14. The van der Waals surface area contributed by atoms with Gasteiger partial charge in [0.15, 0.2) is 11.5 Å². The number of carbonyl (C=O) groups is 1. The molecule has 0 fully saturated rings. The van der Waals surface area contributed by atoms with Crippen LogP contribution in [0.3, 0.4) is 0 Å². The molecule has 0 atom stereocenters. The van der Waals surface area contributed by atoms with Crippen molar-refractivity contribution in [2.24, 2.45) is 0 Å². The number of nitrogens with one attached hydrogen (secondary N) is 1. The molecule has 0 saturated carbocycles. The van der Waals surface area contributed by atoms with Crippen molar-refractivity contribution in [2.75, 3.05) is 25.6 Å². The molecule has 160 valence electrons. The van der Waals surface area contributed by atoms with E-state index in [1.54, 1.807) is 13.2 Å². The van der Waals surface area contributed by atoms with Gasteiger partial charge in [-0.05, 0) is 37.6 Å². The minimum Gasteiger partial charge on any atom is -0.495 e. The predicted molar refractivity (Wildman–Crippen MR) is 121 cm³/mol. The number of methoxy groups -OCH3 is 1. The number of amides is 1. The van der Waals surface area contributed by atoms with E-state index in [4.69, 9.17) is 18.6 Å². The van der Waals surface area contributed by atoms with E-state index in [0.717, 1.165) is 16.4 Å². The molecule has 31 heavy (non-hydrogen) atoms. The lowest BCUT2D eigenvalue weighted by Crippen LogP contribution is -2.13. The van der Waals surface area contributed by atoms with Crippen LogP contribution in [0.25, 0.3) is 21.9 Å². The van der Waals surface area contributed by atoms with Crippen LogP contribution in [0.15, 0.2) is 65.1 Å². The van der Waals surface area contributed by atoms with Gasteiger partial charge in [0.05, 0.1) is 26.0 Å². The Morgan fingerprint density at radius 3 is 2.42 bits per heavy atom. The van der Waals surface area contributed by atoms with Crippen LogP contribution in [0, 0.1) is 0 Å². The third kappa shape index (κ3) is 4.58. The van der Waals surface area contributed by atoms with Gasteiger partial charge in [-0.15, -0.1) is 0 Å². The lowest BCUT2D eigenvalue weighted by molar-refractivity contribution is -0.116. The van der Waals surface area contributed by atoms with Crippen LogP contribution in [0.1, 0.15) is 19.8 Å². The fourth-order valence-electron chi connectivity index (χ4n) is 3.49. The number of furan rings is 1. The lowest BCUT2D eigenvalue weighted by Gasteiger charge is -2.12. The molecule has 0 radical (unpaired) electrons.